The number of rotatable bonds is 0. The summed E-state index contributed by atoms with van der Waals surface area (Å²) in [7, 11) is -3.02. The minimum absolute atomic E-state index is 0.197. The fourth-order valence-corrected chi connectivity index (χ4v) is 2.82. The second-order valence-electron chi connectivity index (χ2n) is 3.25. The summed E-state index contributed by atoms with van der Waals surface area (Å²) < 4.78 is 23.1. The molecule has 1 heterocycles. The second-order valence-corrected chi connectivity index (χ2v) is 5.32. The highest BCUT2D eigenvalue weighted by Gasteiger charge is 2.22. The van der Waals surface area contributed by atoms with Crippen LogP contribution in [-0.4, -0.2) is 20.7 Å². The second kappa shape index (κ2) is 2.73. The fourth-order valence-electron chi connectivity index (χ4n) is 1.48. The Hall–Kier alpha value is -1.03. The molecule has 70 valence electrons. The highest BCUT2D eigenvalue weighted by molar-refractivity contribution is 7.91. The lowest BCUT2D eigenvalue weighted by Gasteiger charge is -2.18. The van der Waals surface area contributed by atoms with Crippen LogP contribution in [0.5, 0.6) is 0 Å². The summed E-state index contributed by atoms with van der Waals surface area (Å²) in [6, 6.07) is 5.36. The number of fused-ring (bicyclic) bond motifs is 1. The molecule has 0 radical (unpaired) electrons. The van der Waals surface area contributed by atoms with Crippen LogP contribution in [0.4, 0.5) is 5.69 Å². The first-order chi connectivity index (χ1) is 6.09. The van der Waals surface area contributed by atoms with Crippen LogP contribution < -0.4 is 5.32 Å². The predicted molar refractivity (Wildman–Crippen MR) is 51.7 cm³/mol. The van der Waals surface area contributed by atoms with E-state index in [-0.39, 0.29) is 5.75 Å². The van der Waals surface area contributed by atoms with E-state index in [4.69, 9.17) is 0 Å². The molecular formula is C9H11NO2S. The van der Waals surface area contributed by atoms with Crippen molar-refractivity contribution in [3.05, 3.63) is 23.8 Å². The molecule has 1 aromatic carbocycles. The molecule has 0 spiro atoms. The summed E-state index contributed by atoms with van der Waals surface area (Å²) in [5, 5.41) is 3.08. The van der Waals surface area contributed by atoms with Crippen LogP contribution in [0.1, 0.15) is 5.56 Å². The molecule has 0 unspecified atom stereocenters. The van der Waals surface area contributed by atoms with E-state index in [1.54, 1.807) is 6.07 Å². The van der Waals surface area contributed by atoms with Gasteiger partial charge in [0.05, 0.1) is 16.3 Å². The summed E-state index contributed by atoms with van der Waals surface area (Å²) in [4.78, 5) is 0.435. The zero-order chi connectivity index (χ0) is 9.47. The summed E-state index contributed by atoms with van der Waals surface area (Å²) >= 11 is 0. The van der Waals surface area contributed by atoms with Crippen LogP contribution in [0.2, 0.25) is 0 Å². The van der Waals surface area contributed by atoms with Crippen molar-refractivity contribution < 1.29 is 8.42 Å². The van der Waals surface area contributed by atoms with E-state index < -0.39 is 9.84 Å². The maximum Gasteiger partial charge on any atom is 0.182 e. The Bertz CT molecular complexity index is 437. The minimum atomic E-state index is -3.02. The lowest BCUT2D eigenvalue weighted by Crippen LogP contribution is -2.23. The van der Waals surface area contributed by atoms with Crippen LogP contribution in [0, 0.1) is 6.92 Å². The minimum Gasteiger partial charge on any atom is -0.383 e. The van der Waals surface area contributed by atoms with Crippen molar-refractivity contribution in [2.45, 2.75) is 11.8 Å². The van der Waals surface area contributed by atoms with Gasteiger partial charge < -0.3 is 5.32 Å². The molecule has 0 aliphatic carbocycles. The number of hydrogen-bond acceptors (Lipinski definition) is 3. The van der Waals surface area contributed by atoms with Crippen molar-refractivity contribution in [1.29, 1.82) is 0 Å². The normalized spacial score (nSPS) is 18.8. The molecule has 0 saturated heterocycles. The van der Waals surface area contributed by atoms with Crippen molar-refractivity contribution in [3.63, 3.8) is 0 Å². The van der Waals surface area contributed by atoms with Crippen molar-refractivity contribution in [2.24, 2.45) is 0 Å². The standard InChI is InChI=1S/C9H11NO2S/c1-7-2-3-9-8(6-7)10-4-5-13(9,11)12/h2-3,6,10H,4-5H2,1H3. The van der Waals surface area contributed by atoms with E-state index in [9.17, 15) is 8.42 Å². The number of sulfone groups is 1. The van der Waals surface area contributed by atoms with Gasteiger partial charge >= 0.3 is 0 Å². The molecule has 0 atom stereocenters. The summed E-state index contributed by atoms with van der Waals surface area (Å²) in [5.41, 5.74) is 1.81. The topological polar surface area (TPSA) is 46.2 Å². The predicted octanol–water partition coefficient (Wildman–Crippen LogP) is 1.19. The number of aryl methyl sites for hydroxylation is 1. The molecule has 1 N–H and O–H groups in total. The van der Waals surface area contributed by atoms with E-state index in [0.29, 0.717) is 11.4 Å². The van der Waals surface area contributed by atoms with Crippen molar-refractivity contribution in [1.82, 2.24) is 0 Å². The molecule has 0 saturated carbocycles. The Labute approximate surface area is 77.7 Å². The summed E-state index contributed by atoms with van der Waals surface area (Å²) in [6.45, 7) is 2.46. The van der Waals surface area contributed by atoms with Gasteiger partial charge in [0.1, 0.15) is 0 Å². The van der Waals surface area contributed by atoms with Gasteiger partial charge in [0.15, 0.2) is 9.84 Å². The highest BCUT2D eigenvalue weighted by atomic mass is 32.2. The Morgan fingerprint density at radius 1 is 1.38 bits per heavy atom. The summed E-state index contributed by atoms with van der Waals surface area (Å²) in [6.07, 6.45) is 0. The number of nitrogens with one attached hydrogen (secondary N) is 1. The van der Waals surface area contributed by atoms with Gasteiger partial charge in [-0.3, -0.25) is 0 Å². The molecule has 0 amide bonds. The van der Waals surface area contributed by atoms with E-state index in [2.05, 4.69) is 5.32 Å². The van der Waals surface area contributed by atoms with Gasteiger partial charge in [-0.05, 0) is 24.6 Å². The van der Waals surface area contributed by atoms with Gasteiger partial charge in [0, 0.05) is 6.54 Å². The van der Waals surface area contributed by atoms with Crippen molar-refractivity contribution in [2.75, 3.05) is 17.6 Å². The van der Waals surface area contributed by atoms with Crippen molar-refractivity contribution in [3.8, 4) is 0 Å². The number of benzene rings is 1. The van der Waals surface area contributed by atoms with Gasteiger partial charge in [-0.15, -0.1) is 0 Å². The molecule has 0 aromatic heterocycles. The molecule has 1 aromatic rings. The third kappa shape index (κ3) is 1.42. The Morgan fingerprint density at radius 2 is 2.15 bits per heavy atom. The van der Waals surface area contributed by atoms with Gasteiger partial charge in [-0.1, -0.05) is 6.07 Å². The maximum atomic E-state index is 11.5. The largest absolute Gasteiger partial charge is 0.383 e. The van der Waals surface area contributed by atoms with Gasteiger partial charge in [0.25, 0.3) is 0 Å². The van der Waals surface area contributed by atoms with E-state index in [1.807, 2.05) is 19.1 Å². The Kier molecular flexibility index (Phi) is 1.80. The number of anilines is 1. The van der Waals surface area contributed by atoms with E-state index >= 15 is 0 Å². The number of hydrogen-bond donors (Lipinski definition) is 1. The zero-order valence-corrected chi connectivity index (χ0v) is 8.19. The van der Waals surface area contributed by atoms with Crippen LogP contribution in [0.3, 0.4) is 0 Å². The molecular weight excluding hydrogens is 186 g/mol. The average molecular weight is 197 g/mol. The molecule has 2 rings (SSSR count). The first-order valence-corrected chi connectivity index (χ1v) is 5.82. The average Bonchev–Trinajstić information content (AvgIpc) is 2.02. The monoisotopic (exact) mass is 197 g/mol. The fraction of sp³-hybridized carbons (Fsp3) is 0.333. The third-order valence-electron chi connectivity index (χ3n) is 2.16. The van der Waals surface area contributed by atoms with Crippen LogP contribution >= 0.6 is 0 Å². The van der Waals surface area contributed by atoms with E-state index in [0.717, 1.165) is 11.3 Å². The van der Waals surface area contributed by atoms with Gasteiger partial charge in [0.2, 0.25) is 0 Å². The maximum absolute atomic E-state index is 11.5. The Balaban J connectivity index is 2.66. The van der Waals surface area contributed by atoms with Crippen LogP contribution in [0.15, 0.2) is 23.1 Å². The van der Waals surface area contributed by atoms with Crippen molar-refractivity contribution >= 4 is 15.5 Å². The molecule has 1 aliphatic heterocycles. The van der Waals surface area contributed by atoms with E-state index in [1.165, 1.54) is 0 Å². The van der Waals surface area contributed by atoms with Gasteiger partial charge in [-0.25, -0.2) is 8.42 Å². The van der Waals surface area contributed by atoms with Crippen LogP contribution in [0.25, 0.3) is 0 Å². The third-order valence-corrected chi connectivity index (χ3v) is 3.92. The smallest absolute Gasteiger partial charge is 0.182 e. The SMILES string of the molecule is Cc1ccc2c(c1)NCCS2(=O)=O. The molecule has 4 heteroatoms. The lowest BCUT2D eigenvalue weighted by atomic mass is 10.2. The molecule has 0 bridgehead atoms. The molecule has 0 fully saturated rings. The first kappa shape index (κ1) is 8.56. The summed E-state index contributed by atoms with van der Waals surface area (Å²) in [5.74, 6) is 0.197. The molecule has 1 aliphatic rings. The molecule has 13 heavy (non-hydrogen) atoms. The first-order valence-electron chi connectivity index (χ1n) is 4.17. The lowest BCUT2D eigenvalue weighted by molar-refractivity contribution is 0.595. The quantitative estimate of drug-likeness (QED) is 0.679. The van der Waals surface area contributed by atoms with Crippen LogP contribution in [-0.2, 0) is 9.84 Å². The Morgan fingerprint density at radius 3 is 2.92 bits per heavy atom. The molecule has 3 nitrogen and oxygen atoms in total. The van der Waals surface area contributed by atoms with Gasteiger partial charge in [-0.2, -0.15) is 0 Å². The highest BCUT2D eigenvalue weighted by Crippen LogP contribution is 2.26. The zero-order valence-electron chi connectivity index (χ0n) is 7.37.